The molecule has 0 aliphatic heterocycles. The Morgan fingerprint density at radius 3 is 2.62 bits per heavy atom. The molecule has 0 bridgehead atoms. The Bertz CT molecular complexity index is 491. The predicted octanol–water partition coefficient (Wildman–Crippen LogP) is 3.26. The highest BCUT2D eigenvalue weighted by molar-refractivity contribution is 5.89. The minimum Gasteiger partial charge on any atom is -0.493 e. The molecule has 2 rings (SSSR count). The summed E-state index contributed by atoms with van der Waals surface area (Å²) in [5, 5.41) is 2.33. The first kappa shape index (κ1) is 11.0. The molecule has 2 N–H and O–H groups in total. The number of hydrogen-bond acceptors (Lipinski definition) is 2. The molecule has 16 heavy (non-hydrogen) atoms. The molecule has 2 nitrogen and oxygen atoms in total. The van der Waals surface area contributed by atoms with Crippen molar-refractivity contribution < 1.29 is 4.74 Å². The van der Waals surface area contributed by atoms with Crippen LogP contribution in [-0.2, 0) is 0 Å². The van der Waals surface area contributed by atoms with E-state index in [9.17, 15) is 0 Å². The van der Waals surface area contributed by atoms with Crippen LogP contribution in [0.2, 0.25) is 0 Å². The minimum atomic E-state index is -0.00819. The summed E-state index contributed by atoms with van der Waals surface area (Å²) >= 11 is 0. The van der Waals surface area contributed by atoms with Gasteiger partial charge in [-0.15, -0.1) is 0 Å². The van der Waals surface area contributed by atoms with Crippen molar-refractivity contribution in [2.24, 2.45) is 5.73 Å². The van der Waals surface area contributed by atoms with E-state index < -0.39 is 0 Å². The topological polar surface area (TPSA) is 35.2 Å². The molecule has 0 unspecified atom stereocenters. The second-order valence-electron chi connectivity index (χ2n) is 3.93. The first-order valence-electron chi connectivity index (χ1n) is 5.64. The summed E-state index contributed by atoms with van der Waals surface area (Å²) in [6, 6.07) is 12.4. The molecule has 0 heterocycles. The molecule has 0 radical (unpaired) electrons. The molecule has 1 atom stereocenters. The van der Waals surface area contributed by atoms with Gasteiger partial charge in [-0.25, -0.2) is 0 Å². The molecule has 0 fully saturated rings. The predicted molar refractivity (Wildman–Crippen MR) is 67.7 cm³/mol. The lowest BCUT2D eigenvalue weighted by Crippen LogP contribution is -2.08. The van der Waals surface area contributed by atoms with Gasteiger partial charge >= 0.3 is 0 Å². The zero-order valence-electron chi connectivity index (χ0n) is 9.73. The molecular formula is C14H17NO. The largest absolute Gasteiger partial charge is 0.493 e. The highest BCUT2D eigenvalue weighted by Crippen LogP contribution is 2.32. The number of nitrogens with two attached hydrogens (primary N) is 1. The Hall–Kier alpha value is -1.54. The van der Waals surface area contributed by atoms with Gasteiger partial charge in [0.05, 0.1) is 6.61 Å². The molecule has 0 saturated heterocycles. The van der Waals surface area contributed by atoms with E-state index in [2.05, 4.69) is 24.3 Å². The fraction of sp³-hybridized carbons (Fsp3) is 0.286. The van der Waals surface area contributed by atoms with Crippen molar-refractivity contribution in [2.75, 3.05) is 6.61 Å². The van der Waals surface area contributed by atoms with Crippen LogP contribution >= 0.6 is 0 Å². The van der Waals surface area contributed by atoms with Gasteiger partial charge in [-0.05, 0) is 19.2 Å². The Morgan fingerprint density at radius 1 is 1.19 bits per heavy atom. The molecule has 0 aliphatic carbocycles. The highest BCUT2D eigenvalue weighted by Gasteiger charge is 2.11. The second-order valence-corrected chi connectivity index (χ2v) is 3.93. The van der Waals surface area contributed by atoms with Gasteiger partial charge in [0.25, 0.3) is 0 Å². The smallest absolute Gasteiger partial charge is 0.131 e. The van der Waals surface area contributed by atoms with Gasteiger partial charge in [0.2, 0.25) is 0 Å². The average molecular weight is 215 g/mol. The first-order valence-corrected chi connectivity index (χ1v) is 5.64. The normalized spacial score (nSPS) is 12.7. The second kappa shape index (κ2) is 4.54. The van der Waals surface area contributed by atoms with Gasteiger partial charge in [0.1, 0.15) is 5.75 Å². The lowest BCUT2D eigenvalue weighted by molar-refractivity contribution is 0.339. The lowest BCUT2D eigenvalue weighted by Gasteiger charge is -2.15. The molecule has 0 saturated carbocycles. The maximum Gasteiger partial charge on any atom is 0.131 e. The molecule has 2 aromatic carbocycles. The summed E-state index contributed by atoms with van der Waals surface area (Å²) < 4.78 is 5.73. The van der Waals surface area contributed by atoms with Crippen LogP contribution in [0.4, 0.5) is 0 Å². The summed E-state index contributed by atoms with van der Waals surface area (Å²) in [6.07, 6.45) is 0. The van der Waals surface area contributed by atoms with Gasteiger partial charge < -0.3 is 10.5 Å². The minimum absolute atomic E-state index is 0.00819. The van der Waals surface area contributed by atoms with Crippen molar-refractivity contribution in [1.29, 1.82) is 0 Å². The van der Waals surface area contributed by atoms with E-state index in [1.807, 2.05) is 26.0 Å². The van der Waals surface area contributed by atoms with E-state index in [0.717, 1.165) is 16.7 Å². The summed E-state index contributed by atoms with van der Waals surface area (Å²) in [5.74, 6) is 0.926. The third-order valence-corrected chi connectivity index (χ3v) is 2.69. The van der Waals surface area contributed by atoms with Gasteiger partial charge in [-0.3, -0.25) is 0 Å². The van der Waals surface area contributed by atoms with E-state index in [1.165, 1.54) is 5.39 Å². The van der Waals surface area contributed by atoms with Crippen LogP contribution in [0.15, 0.2) is 36.4 Å². The Morgan fingerprint density at radius 2 is 1.94 bits per heavy atom. The zero-order chi connectivity index (χ0) is 11.5. The maximum absolute atomic E-state index is 5.96. The van der Waals surface area contributed by atoms with Crippen molar-refractivity contribution in [3.63, 3.8) is 0 Å². The van der Waals surface area contributed by atoms with E-state index in [-0.39, 0.29) is 6.04 Å². The lowest BCUT2D eigenvalue weighted by atomic mass is 10.0. The monoisotopic (exact) mass is 215 g/mol. The van der Waals surface area contributed by atoms with Crippen molar-refractivity contribution in [2.45, 2.75) is 19.9 Å². The van der Waals surface area contributed by atoms with Crippen molar-refractivity contribution in [1.82, 2.24) is 0 Å². The number of benzene rings is 2. The van der Waals surface area contributed by atoms with Crippen LogP contribution in [0.1, 0.15) is 25.5 Å². The van der Waals surface area contributed by atoms with Crippen molar-refractivity contribution in [3.05, 3.63) is 42.0 Å². The standard InChI is InChI=1S/C14H17NO/c1-3-16-14-12(10(2)15)9-8-11-6-4-5-7-13(11)14/h4-10H,3,15H2,1-2H3/t10-/m0/s1. The zero-order valence-corrected chi connectivity index (χ0v) is 9.73. The maximum atomic E-state index is 5.96. The highest BCUT2D eigenvalue weighted by atomic mass is 16.5. The SMILES string of the molecule is CCOc1c([C@H](C)N)ccc2ccccc12. The fourth-order valence-corrected chi connectivity index (χ4v) is 1.92. The fourth-order valence-electron chi connectivity index (χ4n) is 1.92. The van der Waals surface area contributed by atoms with Crippen LogP contribution in [0.3, 0.4) is 0 Å². The van der Waals surface area contributed by atoms with Crippen LogP contribution in [-0.4, -0.2) is 6.61 Å². The summed E-state index contributed by atoms with van der Waals surface area (Å²) in [5.41, 5.74) is 7.03. The third kappa shape index (κ3) is 1.89. The molecule has 0 aliphatic rings. The number of fused-ring (bicyclic) bond motifs is 1. The van der Waals surface area contributed by atoms with Crippen LogP contribution in [0.5, 0.6) is 5.75 Å². The van der Waals surface area contributed by atoms with E-state index in [0.29, 0.717) is 6.61 Å². The summed E-state index contributed by atoms with van der Waals surface area (Å²) in [6.45, 7) is 4.63. The van der Waals surface area contributed by atoms with E-state index >= 15 is 0 Å². The summed E-state index contributed by atoms with van der Waals surface area (Å²) in [4.78, 5) is 0. The molecule has 0 spiro atoms. The van der Waals surface area contributed by atoms with Crippen LogP contribution in [0.25, 0.3) is 10.8 Å². The number of hydrogen-bond donors (Lipinski definition) is 1. The molecule has 2 aromatic rings. The number of rotatable bonds is 3. The van der Waals surface area contributed by atoms with Crippen LogP contribution in [0, 0.1) is 0 Å². The average Bonchev–Trinajstić information content (AvgIpc) is 2.29. The quantitative estimate of drug-likeness (QED) is 0.853. The summed E-state index contributed by atoms with van der Waals surface area (Å²) in [7, 11) is 0. The molecule has 84 valence electrons. The molecule has 2 heteroatoms. The van der Waals surface area contributed by atoms with E-state index in [4.69, 9.17) is 10.5 Å². The first-order chi connectivity index (χ1) is 7.74. The molecule has 0 aromatic heterocycles. The van der Waals surface area contributed by atoms with E-state index in [1.54, 1.807) is 0 Å². The van der Waals surface area contributed by atoms with Crippen molar-refractivity contribution >= 4 is 10.8 Å². The van der Waals surface area contributed by atoms with Gasteiger partial charge in [-0.2, -0.15) is 0 Å². The van der Waals surface area contributed by atoms with Crippen LogP contribution < -0.4 is 10.5 Å². The van der Waals surface area contributed by atoms with Crippen molar-refractivity contribution in [3.8, 4) is 5.75 Å². The Balaban J connectivity index is 2.68. The van der Waals surface area contributed by atoms with Gasteiger partial charge in [0, 0.05) is 17.0 Å². The van der Waals surface area contributed by atoms with Gasteiger partial charge in [-0.1, -0.05) is 36.4 Å². The number of ether oxygens (including phenoxy) is 1. The molecular weight excluding hydrogens is 198 g/mol. The third-order valence-electron chi connectivity index (χ3n) is 2.69. The Kier molecular flexibility index (Phi) is 3.11. The van der Waals surface area contributed by atoms with Gasteiger partial charge in [0.15, 0.2) is 0 Å². The molecule has 0 amide bonds. The Labute approximate surface area is 96.0 Å².